The van der Waals surface area contributed by atoms with E-state index in [-0.39, 0.29) is 18.8 Å². The predicted octanol–water partition coefficient (Wildman–Crippen LogP) is 1.23. The minimum Gasteiger partial charge on any atom is -0.473 e. The molecule has 0 radical (unpaired) electrons. The molecule has 0 aliphatic carbocycles. The molecule has 0 bridgehead atoms. The molecule has 0 saturated carbocycles. The van der Waals surface area contributed by atoms with Crippen LogP contribution in [0, 0.1) is 5.92 Å². The van der Waals surface area contributed by atoms with Crippen molar-refractivity contribution in [1.82, 2.24) is 14.7 Å². The third-order valence-electron chi connectivity index (χ3n) is 4.38. The smallest absolute Gasteiger partial charge is 0.414 e. The minimum absolute atomic E-state index is 0.0196. The van der Waals surface area contributed by atoms with Crippen molar-refractivity contribution in [1.29, 1.82) is 0 Å². The lowest BCUT2D eigenvalue weighted by Gasteiger charge is -2.21. The minimum atomic E-state index is -1.82. The number of benzene rings is 1. The standard InChI is InChI=1S/C20H29N3O3S.C2H2O4/c1-15(2)13-23-20(26)17(14-22(8-10-24)9-11-25)12-19(21-23)16-4-6-18(27-3)7-5-16;3-1(4)2(5)6/h4-7,12,15,24-25H,8-11,13-14H2,1-3H3;(H,3,4)(H,5,6). The van der Waals surface area contributed by atoms with Crippen LogP contribution in [0.25, 0.3) is 11.3 Å². The maximum Gasteiger partial charge on any atom is 0.414 e. The predicted molar refractivity (Wildman–Crippen MR) is 125 cm³/mol. The van der Waals surface area contributed by atoms with Crippen molar-refractivity contribution in [2.24, 2.45) is 5.92 Å². The molecule has 0 aliphatic heterocycles. The van der Waals surface area contributed by atoms with Crippen LogP contribution in [-0.2, 0) is 22.7 Å². The van der Waals surface area contributed by atoms with E-state index in [0.717, 1.165) is 11.3 Å². The van der Waals surface area contributed by atoms with Gasteiger partial charge in [0.05, 0.1) is 18.9 Å². The first-order valence-electron chi connectivity index (χ1n) is 10.3. The maximum absolute atomic E-state index is 12.9. The van der Waals surface area contributed by atoms with Crippen LogP contribution < -0.4 is 5.56 Å². The van der Waals surface area contributed by atoms with Crippen LogP contribution in [0.4, 0.5) is 0 Å². The lowest BCUT2D eigenvalue weighted by Crippen LogP contribution is -2.35. The number of aliphatic hydroxyl groups excluding tert-OH is 2. The number of rotatable bonds is 10. The Morgan fingerprint density at radius 3 is 2.03 bits per heavy atom. The average molecular weight is 482 g/mol. The Kier molecular flexibility index (Phi) is 12.4. The Morgan fingerprint density at radius 1 is 1.06 bits per heavy atom. The molecule has 0 saturated heterocycles. The van der Waals surface area contributed by atoms with Crippen LogP contribution in [0.2, 0.25) is 0 Å². The number of nitrogens with zero attached hydrogens (tertiary/aromatic N) is 3. The van der Waals surface area contributed by atoms with Crippen molar-refractivity contribution in [3.05, 3.63) is 46.2 Å². The fourth-order valence-electron chi connectivity index (χ4n) is 2.88. The van der Waals surface area contributed by atoms with Gasteiger partial charge in [-0.05, 0) is 30.4 Å². The fraction of sp³-hybridized carbons (Fsp3) is 0.455. The zero-order valence-corrected chi connectivity index (χ0v) is 19.8. The number of hydrogen-bond donors (Lipinski definition) is 4. The largest absolute Gasteiger partial charge is 0.473 e. The van der Waals surface area contributed by atoms with Crippen molar-refractivity contribution < 1.29 is 30.0 Å². The summed E-state index contributed by atoms with van der Waals surface area (Å²) in [6.45, 7) is 5.80. The second kappa shape index (κ2) is 14.4. The molecule has 182 valence electrons. The Bertz CT molecular complexity index is 943. The quantitative estimate of drug-likeness (QED) is 0.288. The Morgan fingerprint density at radius 2 is 1.61 bits per heavy atom. The van der Waals surface area contributed by atoms with Crippen LogP contribution >= 0.6 is 11.8 Å². The van der Waals surface area contributed by atoms with E-state index in [1.54, 1.807) is 11.8 Å². The first-order chi connectivity index (χ1) is 15.6. The lowest BCUT2D eigenvalue weighted by molar-refractivity contribution is -0.159. The van der Waals surface area contributed by atoms with Gasteiger partial charge < -0.3 is 20.4 Å². The molecule has 1 aromatic carbocycles. The van der Waals surface area contributed by atoms with Crippen LogP contribution in [0.3, 0.4) is 0 Å². The van der Waals surface area contributed by atoms with Gasteiger partial charge in [0.25, 0.3) is 5.56 Å². The van der Waals surface area contributed by atoms with Crippen molar-refractivity contribution in [3.63, 3.8) is 0 Å². The molecule has 0 fully saturated rings. The van der Waals surface area contributed by atoms with E-state index in [0.29, 0.717) is 37.7 Å². The summed E-state index contributed by atoms with van der Waals surface area (Å²) >= 11 is 1.68. The number of carboxylic acids is 2. The van der Waals surface area contributed by atoms with Crippen molar-refractivity contribution >= 4 is 23.7 Å². The second-order valence-electron chi connectivity index (χ2n) is 7.50. The van der Waals surface area contributed by atoms with E-state index in [1.807, 2.05) is 41.5 Å². The Balaban J connectivity index is 0.000000801. The highest BCUT2D eigenvalue weighted by Gasteiger charge is 2.14. The molecule has 0 atom stereocenters. The molecule has 0 unspecified atom stereocenters. The summed E-state index contributed by atoms with van der Waals surface area (Å²) in [7, 11) is 0. The lowest BCUT2D eigenvalue weighted by atomic mass is 10.1. The SMILES string of the molecule is CSc1ccc(-c2cc(CN(CCO)CCO)c(=O)n(CC(C)C)n2)cc1.O=C(O)C(=O)O. The Labute approximate surface area is 196 Å². The number of aliphatic hydroxyl groups is 2. The molecule has 33 heavy (non-hydrogen) atoms. The molecule has 0 spiro atoms. The topological polar surface area (TPSA) is 153 Å². The third kappa shape index (κ3) is 9.74. The molecule has 0 aliphatic rings. The van der Waals surface area contributed by atoms with E-state index >= 15 is 0 Å². The molecule has 1 heterocycles. The fourth-order valence-corrected chi connectivity index (χ4v) is 3.28. The van der Waals surface area contributed by atoms with E-state index in [1.165, 1.54) is 9.58 Å². The van der Waals surface area contributed by atoms with E-state index in [4.69, 9.17) is 19.8 Å². The summed E-state index contributed by atoms with van der Waals surface area (Å²) in [5.74, 6) is -3.35. The first kappa shape index (κ1) is 28.3. The molecule has 0 amide bonds. The summed E-state index contributed by atoms with van der Waals surface area (Å²) in [6, 6.07) is 9.95. The Hall–Kier alpha value is -2.73. The average Bonchev–Trinajstić information content (AvgIpc) is 2.77. The molecule has 2 aromatic rings. The van der Waals surface area contributed by atoms with Gasteiger partial charge >= 0.3 is 11.9 Å². The summed E-state index contributed by atoms with van der Waals surface area (Å²) in [5, 5.41) is 37.9. The summed E-state index contributed by atoms with van der Waals surface area (Å²) < 4.78 is 1.54. The van der Waals surface area contributed by atoms with Gasteiger partial charge in [0.2, 0.25) is 0 Å². The zero-order chi connectivity index (χ0) is 25.0. The highest BCUT2D eigenvalue weighted by molar-refractivity contribution is 7.98. The first-order valence-corrected chi connectivity index (χ1v) is 11.5. The molecular formula is C22H31N3O7S. The number of aromatic nitrogens is 2. The molecule has 11 heteroatoms. The number of hydrogen-bond acceptors (Lipinski definition) is 8. The van der Waals surface area contributed by atoms with Gasteiger partial charge in [-0.25, -0.2) is 14.3 Å². The van der Waals surface area contributed by atoms with Gasteiger partial charge in [0.1, 0.15) is 0 Å². The van der Waals surface area contributed by atoms with Crippen LogP contribution in [-0.4, -0.2) is 79.6 Å². The molecule has 10 nitrogen and oxygen atoms in total. The number of aliphatic carboxylic acids is 2. The highest BCUT2D eigenvalue weighted by Crippen LogP contribution is 2.22. The number of thioether (sulfide) groups is 1. The molecule has 2 rings (SSSR count). The van der Waals surface area contributed by atoms with Crippen molar-refractivity contribution in [3.8, 4) is 11.3 Å². The monoisotopic (exact) mass is 481 g/mol. The van der Waals surface area contributed by atoms with Crippen LogP contribution in [0.15, 0.2) is 40.0 Å². The molecular weight excluding hydrogens is 450 g/mol. The number of carbonyl (C=O) groups is 2. The van der Waals surface area contributed by atoms with E-state index in [9.17, 15) is 15.0 Å². The van der Waals surface area contributed by atoms with Gasteiger partial charge in [-0.15, -0.1) is 11.8 Å². The zero-order valence-electron chi connectivity index (χ0n) is 19.0. The van der Waals surface area contributed by atoms with Crippen molar-refractivity contribution in [2.45, 2.75) is 31.8 Å². The van der Waals surface area contributed by atoms with Gasteiger partial charge in [-0.3, -0.25) is 9.69 Å². The normalized spacial score (nSPS) is 10.8. The summed E-state index contributed by atoms with van der Waals surface area (Å²) in [6.07, 6.45) is 2.03. The summed E-state index contributed by atoms with van der Waals surface area (Å²) in [5.41, 5.74) is 2.22. The molecule has 1 aromatic heterocycles. The van der Waals surface area contributed by atoms with Gasteiger partial charge in [-0.2, -0.15) is 5.10 Å². The van der Waals surface area contributed by atoms with Crippen molar-refractivity contribution in [2.75, 3.05) is 32.6 Å². The molecule has 4 N–H and O–H groups in total. The second-order valence-corrected chi connectivity index (χ2v) is 8.38. The maximum atomic E-state index is 12.9. The van der Waals surface area contributed by atoms with E-state index < -0.39 is 11.9 Å². The van der Waals surface area contributed by atoms with Crippen LogP contribution in [0.1, 0.15) is 19.4 Å². The van der Waals surface area contributed by atoms with Gasteiger partial charge in [0, 0.05) is 42.2 Å². The van der Waals surface area contributed by atoms with E-state index in [2.05, 4.69) is 18.9 Å². The number of carboxylic acid groups (broad SMARTS) is 2. The summed E-state index contributed by atoms with van der Waals surface area (Å²) in [4.78, 5) is 34.1. The third-order valence-corrected chi connectivity index (χ3v) is 5.13. The van der Waals surface area contributed by atoms with Gasteiger partial charge in [-0.1, -0.05) is 26.0 Å². The van der Waals surface area contributed by atoms with Gasteiger partial charge in [0.15, 0.2) is 0 Å². The highest BCUT2D eigenvalue weighted by atomic mass is 32.2. The van der Waals surface area contributed by atoms with Crippen LogP contribution in [0.5, 0.6) is 0 Å².